The number of halogens is 3. The van der Waals surface area contributed by atoms with Gasteiger partial charge in [0.2, 0.25) is 10.0 Å². The van der Waals surface area contributed by atoms with Crippen molar-refractivity contribution in [2.75, 3.05) is 37.9 Å². The van der Waals surface area contributed by atoms with E-state index in [0.717, 1.165) is 6.26 Å². The maximum atomic E-state index is 13.9. The summed E-state index contributed by atoms with van der Waals surface area (Å²) in [6, 6.07) is 5.39. The highest BCUT2D eigenvalue weighted by Crippen LogP contribution is 2.32. The zero-order valence-electron chi connectivity index (χ0n) is 19.5. The zero-order chi connectivity index (χ0) is 26.2. The van der Waals surface area contributed by atoms with Crippen LogP contribution in [0.2, 0.25) is 5.02 Å². The Morgan fingerprint density at radius 2 is 1.86 bits per heavy atom. The monoisotopic (exact) mass is 559 g/mol. The molecular weight excluding hydrogens is 536 g/mol. The van der Waals surface area contributed by atoms with E-state index < -0.39 is 33.9 Å². The van der Waals surface area contributed by atoms with Crippen LogP contribution in [0.3, 0.4) is 0 Å². The number of pyridine rings is 1. The second kappa shape index (κ2) is 10.6. The fraction of sp³-hybridized carbons (Fsp3) is 0.455. The van der Waals surface area contributed by atoms with Gasteiger partial charge in [-0.05, 0) is 18.2 Å². The second-order valence-electron chi connectivity index (χ2n) is 8.61. The third-order valence-electron chi connectivity index (χ3n) is 5.92. The number of imidazole rings is 1. The molecule has 5 rings (SSSR count). The van der Waals surface area contributed by atoms with Crippen LogP contribution in [0, 0.1) is 11.6 Å². The van der Waals surface area contributed by atoms with Crippen molar-refractivity contribution < 1.29 is 36.1 Å². The van der Waals surface area contributed by atoms with Crippen LogP contribution in [-0.2, 0) is 30.8 Å². The minimum Gasteiger partial charge on any atom is -0.456 e. The standard InChI is InChI=1S/C22H24ClF2N5O6S/c1-37(31,32)27-5-6-33-16-9-34-19-17(10-35-18(16)19)36-22-28-15-7-12(23)20(29-21(15)30-22)26-8-11-13(24)3-2-4-14(11)25/h2-4,7,16-19,27H,5-6,8-10H2,1H3,(H2,26,28,29,30)/t16-,17-,18-,19-/m1/s1. The van der Waals surface area contributed by atoms with Gasteiger partial charge in [0.1, 0.15) is 35.8 Å². The first kappa shape index (κ1) is 26.0. The van der Waals surface area contributed by atoms with Crippen molar-refractivity contribution in [3.05, 3.63) is 46.5 Å². The number of aromatic amines is 1. The Balaban J connectivity index is 1.20. The molecule has 2 saturated heterocycles. The van der Waals surface area contributed by atoms with Gasteiger partial charge in [-0.2, -0.15) is 4.98 Å². The van der Waals surface area contributed by atoms with Crippen LogP contribution >= 0.6 is 11.6 Å². The van der Waals surface area contributed by atoms with E-state index in [1.54, 1.807) is 6.07 Å². The van der Waals surface area contributed by atoms with Gasteiger partial charge in [0, 0.05) is 18.7 Å². The van der Waals surface area contributed by atoms with Crippen LogP contribution < -0.4 is 14.8 Å². The van der Waals surface area contributed by atoms with Crippen molar-refractivity contribution in [2.45, 2.75) is 31.0 Å². The summed E-state index contributed by atoms with van der Waals surface area (Å²) >= 11 is 6.30. The third-order valence-corrected chi connectivity index (χ3v) is 6.94. The van der Waals surface area contributed by atoms with Crippen molar-refractivity contribution in [3.63, 3.8) is 0 Å². The molecule has 0 bridgehead atoms. The highest BCUT2D eigenvalue weighted by Gasteiger charge is 2.49. The number of nitrogens with zero attached hydrogens (tertiary/aromatic N) is 2. The summed E-state index contributed by atoms with van der Waals surface area (Å²) in [7, 11) is -3.29. The van der Waals surface area contributed by atoms with Crippen molar-refractivity contribution in [2.24, 2.45) is 0 Å². The normalized spacial score (nSPS) is 23.5. The molecule has 0 unspecified atom stereocenters. The van der Waals surface area contributed by atoms with Gasteiger partial charge in [0.05, 0.1) is 36.6 Å². The lowest BCUT2D eigenvalue weighted by Gasteiger charge is -2.17. The maximum absolute atomic E-state index is 13.9. The molecule has 37 heavy (non-hydrogen) atoms. The first-order valence-corrected chi connectivity index (χ1v) is 13.6. The molecule has 1 aromatic carbocycles. The molecule has 2 fully saturated rings. The van der Waals surface area contributed by atoms with Gasteiger partial charge in [-0.3, -0.25) is 0 Å². The molecule has 4 heterocycles. The lowest BCUT2D eigenvalue weighted by molar-refractivity contribution is -0.0336. The van der Waals surface area contributed by atoms with Gasteiger partial charge < -0.3 is 29.2 Å². The van der Waals surface area contributed by atoms with E-state index in [1.807, 2.05) is 0 Å². The molecule has 0 amide bonds. The molecule has 4 atom stereocenters. The number of aromatic nitrogens is 3. The quantitative estimate of drug-likeness (QED) is 0.318. The van der Waals surface area contributed by atoms with E-state index in [-0.39, 0.29) is 67.5 Å². The number of ether oxygens (including phenoxy) is 4. The minimum absolute atomic E-state index is 0.132. The number of hydrogen-bond donors (Lipinski definition) is 3. The summed E-state index contributed by atoms with van der Waals surface area (Å²) in [6.07, 6.45) is -0.509. The number of benzene rings is 1. The minimum atomic E-state index is -3.29. The Morgan fingerprint density at radius 3 is 2.59 bits per heavy atom. The van der Waals surface area contributed by atoms with Crippen LogP contribution in [0.4, 0.5) is 14.6 Å². The smallest absolute Gasteiger partial charge is 0.296 e. The molecule has 0 spiro atoms. The van der Waals surface area contributed by atoms with E-state index >= 15 is 0 Å². The lowest BCUT2D eigenvalue weighted by Crippen LogP contribution is -2.36. The van der Waals surface area contributed by atoms with E-state index in [2.05, 4.69) is 25.0 Å². The molecular formula is C22H24ClF2N5O6S. The number of nitrogens with one attached hydrogen (secondary N) is 3. The zero-order valence-corrected chi connectivity index (χ0v) is 21.1. The Bertz CT molecular complexity index is 1370. The first-order valence-electron chi connectivity index (χ1n) is 11.4. The van der Waals surface area contributed by atoms with Crippen molar-refractivity contribution >= 4 is 38.6 Å². The van der Waals surface area contributed by atoms with Crippen LogP contribution in [0.5, 0.6) is 6.01 Å². The highest BCUT2D eigenvalue weighted by molar-refractivity contribution is 7.88. The summed E-state index contributed by atoms with van der Waals surface area (Å²) < 4.78 is 75.8. The van der Waals surface area contributed by atoms with E-state index in [4.69, 9.17) is 30.5 Å². The van der Waals surface area contributed by atoms with Crippen LogP contribution in [0.25, 0.3) is 11.2 Å². The summed E-state index contributed by atoms with van der Waals surface area (Å²) in [5, 5.41) is 3.07. The fourth-order valence-electron chi connectivity index (χ4n) is 4.20. The summed E-state index contributed by atoms with van der Waals surface area (Å²) in [5.41, 5.74) is 0.663. The van der Waals surface area contributed by atoms with E-state index in [0.29, 0.717) is 11.2 Å². The summed E-state index contributed by atoms with van der Waals surface area (Å²) in [6.45, 7) is 0.687. The molecule has 2 aromatic heterocycles. The summed E-state index contributed by atoms with van der Waals surface area (Å²) in [5.74, 6) is -1.14. The number of H-pyrrole nitrogens is 1. The molecule has 0 aliphatic carbocycles. The SMILES string of the molecule is CS(=O)(=O)NCCO[C@@H]1CO[C@H]2[C@@H]1OC[C@H]2Oc1nc2nc(NCc3c(F)cccc3F)c(Cl)cc2[nH]1. The Hall–Kier alpha value is -2.62. The van der Waals surface area contributed by atoms with Crippen LogP contribution in [0.1, 0.15) is 5.56 Å². The maximum Gasteiger partial charge on any atom is 0.296 e. The molecule has 2 aliphatic heterocycles. The van der Waals surface area contributed by atoms with Crippen molar-refractivity contribution in [3.8, 4) is 6.01 Å². The van der Waals surface area contributed by atoms with Crippen molar-refractivity contribution in [1.82, 2.24) is 19.7 Å². The third kappa shape index (κ3) is 5.94. The number of rotatable bonds is 10. The molecule has 0 radical (unpaired) electrons. The number of fused-ring (bicyclic) bond motifs is 2. The average molecular weight is 560 g/mol. The van der Waals surface area contributed by atoms with Crippen molar-refractivity contribution in [1.29, 1.82) is 0 Å². The molecule has 3 aromatic rings. The predicted octanol–water partition coefficient (Wildman–Crippen LogP) is 1.98. The first-order chi connectivity index (χ1) is 17.7. The molecule has 0 saturated carbocycles. The Morgan fingerprint density at radius 1 is 1.16 bits per heavy atom. The van der Waals surface area contributed by atoms with Crippen LogP contribution in [-0.4, -0.2) is 80.4 Å². The predicted molar refractivity (Wildman–Crippen MR) is 129 cm³/mol. The Labute approximate surface area is 215 Å². The lowest BCUT2D eigenvalue weighted by atomic mass is 10.1. The van der Waals surface area contributed by atoms with Gasteiger partial charge in [-0.25, -0.2) is 26.9 Å². The molecule has 11 nitrogen and oxygen atoms in total. The van der Waals surface area contributed by atoms with Gasteiger partial charge in [-0.15, -0.1) is 0 Å². The largest absolute Gasteiger partial charge is 0.456 e. The molecule has 15 heteroatoms. The van der Waals surface area contributed by atoms with Gasteiger partial charge in [-0.1, -0.05) is 17.7 Å². The second-order valence-corrected chi connectivity index (χ2v) is 10.9. The number of anilines is 1. The number of sulfonamides is 1. The molecule has 3 N–H and O–H groups in total. The number of hydrogen-bond acceptors (Lipinski definition) is 9. The van der Waals surface area contributed by atoms with Gasteiger partial charge >= 0.3 is 0 Å². The molecule has 200 valence electrons. The topological polar surface area (TPSA) is 137 Å². The fourth-order valence-corrected chi connectivity index (χ4v) is 4.87. The highest BCUT2D eigenvalue weighted by atomic mass is 35.5. The molecule has 2 aliphatic rings. The van der Waals surface area contributed by atoms with Gasteiger partial charge in [0.25, 0.3) is 6.01 Å². The van der Waals surface area contributed by atoms with E-state index in [9.17, 15) is 17.2 Å². The van der Waals surface area contributed by atoms with E-state index in [1.165, 1.54) is 18.2 Å². The van der Waals surface area contributed by atoms with Crippen LogP contribution in [0.15, 0.2) is 24.3 Å². The Kier molecular flexibility index (Phi) is 7.47. The average Bonchev–Trinajstić information content (AvgIpc) is 3.52. The van der Waals surface area contributed by atoms with Gasteiger partial charge in [0.15, 0.2) is 11.8 Å². The summed E-state index contributed by atoms with van der Waals surface area (Å²) in [4.78, 5) is 11.7.